The van der Waals surface area contributed by atoms with Gasteiger partial charge in [0.1, 0.15) is 0 Å². The first-order chi connectivity index (χ1) is 7.00. The van der Waals surface area contributed by atoms with Crippen molar-refractivity contribution < 1.29 is 0 Å². The fourth-order valence-corrected chi connectivity index (χ4v) is 0. The van der Waals surface area contributed by atoms with Gasteiger partial charge in [0.2, 0.25) is 0 Å². The van der Waals surface area contributed by atoms with Crippen molar-refractivity contribution in [1.82, 2.24) is 0 Å². The molecule has 0 aromatic carbocycles. The second-order valence-electron chi connectivity index (χ2n) is 0. The van der Waals surface area contributed by atoms with Gasteiger partial charge in [-0.1, -0.05) is 157 Å². The molecule has 0 rings (SSSR count). The molecule has 0 bridgehead atoms. The molecule has 24 heavy (non-hydrogen) atoms. The lowest BCUT2D eigenvalue weighted by Crippen LogP contribution is -1.13. The van der Waals surface area contributed by atoms with E-state index in [9.17, 15) is 0 Å². The molecule has 0 saturated carbocycles. The van der Waals surface area contributed by atoms with E-state index >= 15 is 0 Å². The molecule has 0 nitrogen and oxygen atoms in total. The Labute approximate surface area is 173 Å². The maximum Gasteiger partial charge on any atom is 0.0606 e. The third-order valence-electron chi connectivity index (χ3n) is 0. The lowest BCUT2D eigenvalue weighted by Gasteiger charge is -1.07. The fraction of sp³-hybridized carbons (Fsp3) is 1.00. The normalized spacial score (nSPS) is 1.67. The first-order valence-corrected chi connectivity index (χ1v) is 6.15. The number of hydrogen-bond donors (Lipinski definition) is 0. The van der Waals surface area contributed by atoms with Crippen LogP contribution in [0.25, 0.3) is 0 Å². The molecule has 0 aliphatic heterocycles. The van der Waals surface area contributed by atoms with Crippen molar-refractivity contribution in [2.75, 3.05) is 0 Å². The molecule has 0 aliphatic rings. The minimum atomic E-state index is 0. The van der Waals surface area contributed by atoms with Gasteiger partial charge in [0, 0.05) is 0 Å². The van der Waals surface area contributed by atoms with E-state index in [1.165, 1.54) is 13.6 Å². The Hall–Kier alpha value is 0.130. The highest BCUT2D eigenvalue weighted by Gasteiger charge is 0.986. The quantitative estimate of drug-likeness (QED) is 0.376. The lowest BCUT2D eigenvalue weighted by molar-refractivity contribution is 1.50. The second kappa shape index (κ2) is 672000. The van der Waals surface area contributed by atoms with Crippen molar-refractivity contribution in [2.24, 2.45) is 0 Å². The molecule has 0 atom stereocenters. The van der Waals surface area contributed by atoms with Crippen molar-refractivity contribution >= 4 is 15.7 Å². The van der Waals surface area contributed by atoms with Crippen molar-refractivity contribution in [3.63, 3.8) is 0 Å². The van der Waals surface area contributed by atoms with Crippen LogP contribution in [0, 0.1) is 0 Å². The summed E-state index contributed by atoms with van der Waals surface area (Å²) in [5, 5.41) is 0. The van der Waals surface area contributed by atoms with Gasteiger partial charge in [0.05, 0.1) is 15.7 Å². The topological polar surface area (TPSA) is 0 Å². The van der Waals surface area contributed by atoms with Gasteiger partial charge in [-0.25, -0.2) is 0 Å². The zero-order chi connectivity index (χ0) is 14.0. The summed E-state index contributed by atoms with van der Waals surface area (Å²) >= 11 is 0. The molecular weight excluding hydrogens is 286 g/mol. The van der Waals surface area contributed by atoms with Crippen molar-refractivity contribution in [2.45, 2.75) is 157 Å². The summed E-state index contributed by atoms with van der Waals surface area (Å²) in [4.78, 5) is 0. The first kappa shape index (κ1) is 254. The second-order valence-corrected chi connectivity index (χ2v) is 0. The number of rotatable bonds is 0. The van der Waals surface area contributed by atoms with Gasteiger partial charge in [-0.15, -0.1) is 0 Å². The highest BCUT2D eigenvalue weighted by molar-refractivity contribution is 6.05. The van der Waals surface area contributed by atoms with E-state index in [0.29, 0.717) is 0 Å². The minimum absolute atomic E-state index is 0. The first-order valence-electron chi connectivity index (χ1n) is 6.15. The molecule has 0 spiro atoms. The minimum Gasteiger partial charge on any atom is -0.0999 e. The van der Waals surface area contributed by atoms with E-state index in [-0.39, 0.29) is 74.3 Å². The van der Waals surface area contributed by atoms with Crippen LogP contribution in [0.15, 0.2) is 0 Å². The third-order valence-corrected chi connectivity index (χ3v) is 0. The SMILES string of the molecule is C.C.C.C.C.C.C.C.C.C.CC.CC.CC.CC.CC.[B]C.[B]C. The van der Waals surface area contributed by atoms with Gasteiger partial charge in [-0.05, 0) is 0 Å². The Bertz CT molecular complexity index is 9.93. The summed E-state index contributed by atoms with van der Waals surface area (Å²) in [6.07, 6.45) is 0. The molecule has 0 heterocycles. The van der Waals surface area contributed by atoms with Gasteiger partial charge in [-0.2, -0.15) is 0 Å². The van der Waals surface area contributed by atoms with E-state index in [1.54, 1.807) is 0 Å². The van der Waals surface area contributed by atoms with Crippen LogP contribution in [0.5, 0.6) is 0 Å². The van der Waals surface area contributed by atoms with Crippen molar-refractivity contribution in [3.8, 4) is 0 Å². The summed E-state index contributed by atoms with van der Waals surface area (Å²) in [6, 6.07) is 0. The van der Waals surface area contributed by atoms with Crippen LogP contribution in [-0.4, -0.2) is 15.7 Å². The zero-order valence-electron chi connectivity index (χ0n) is 13.2. The molecule has 2 heteroatoms. The molecule has 0 N–H and O–H groups in total. The van der Waals surface area contributed by atoms with Gasteiger partial charge >= 0.3 is 0 Å². The maximum atomic E-state index is 4.50. The largest absolute Gasteiger partial charge is 0.0999 e. The Morgan fingerprint density at radius 1 is 0.208 bits per heavy atom. The van der Waals surface area contributed by atoms with Crippen LogP contribution < -0.4 is 0 Å². The zero-order valence-corrected chi connectivity index (χ0v) is 13.2. The predicted molar refractivity (Wildman–Crippen MR) is 147 cm³/mol. The highest BCUT2D eigenvalue weighted by Crippen LogP contribution is 1.15. The van der Waals surface area contributed by atoms with Gasteiger partial charge < -0.3 is 0 Å². The number of hydrogen-bond acceptors (Lipinski definition) is 0. The molecule has 0 aliphatic carbocycles. The lowest BCUT2D eigenvalue weighted by atomic mass is 10.2. The van der Waals surface area contributed by atoms with E-state index in [1.807, 2.05) is 69.2 Å². The maximum absolute atomic E-state index is 4.50. The van der Waals surface area contributed by atoms with Crippen LogP contribution >= 0.6 is 0 Å². The van der Waals surface area contributed by atoms with Crippen molar-refractivity contribution in [3.05, 3.63) is 0 Å². The molecule has 0 unspecified atom stereocenters. The Morgan fingerprint density at radius 3 is 0.208 bits per heavy atom. The van der Waals surface area contributed by atoms with Crippen LogP contribution in [0.4, 0.5) is 0 Å². The summed E-state index contributed by atoms with van der Waals surface area (Å²) in [6.45, 7) is 23.0. The molecule has 4 radical (unpaired) electrons. The van der Waals surface area contributed by atoms with E-state index in [4.69, 9.17) is 0 Å². The van der Waals surface area contributed by atoms with Gasteiger partial charge in [-0.3, -0.25) is 0 Å². The average molecular weight is 362 g/mol. The molecule has 0 fully saturated rings. The summed E-state index contributed by atoms with van der Waals surface area (Å²) < 4.78 is 0. The van der Waals surface area contributed by atoms with E-state index in [0.717, 1.165) is 0 Å². The fourth-order valence-electron chi connectivity index (χ4n) is 0. The molecular formula is C22H76B2. The summed E-state index contributed by atoms with van der Waals surface area (Å²) in [7, 11) is 9.00. The summed E-state index contributed by atoms with van der Waals surface area (Å²) in [5.74, 6) is 0. The standard InChI is InChI=1S/5C2H6.2CH3B.10CH4/c7*1-2;;;;;;;;;;/h5*1-2H3;2*1H3;10*1H4. The Balaban J connectivity index is -0.00000000148. The monoisotopic (exact) mass is 363 g/mol. The average Bonchev–Trinajstić information content (AvgIpc) is 2.45. The predicted octanol–water partition coefficient (Wildman–Crippen LogP) is 11.9. The molecule has 0 aromatic heterocycles. The van der Waals surface area contributed by atoms with Gasteiger partial charge in [0.15, 0.2) is 0 Å². The molecule has 0 saturated heterocycles. The Kier molecular flexibility index (Phi) is 7110000. The molecule has 0 aromatic rings. The smallest absolute Gasteiger partial charge is 0.0606 e. The van der Waals surface area contributed by atoms with E-state index < -0.39 is 0 Å². The van der Waals surface area contributed by atoms with Gasteiger partial charge in [0.25, 0.3) is 0 Å². The Morgan fingerprint density at radius 2 is 0.208 bits per heavy atom. The van der Waals surface area contributed by atoms with Crippen LogP contribution in [0.2, 0.25) is 13.6 Å². The molecule has 0 amide bonds. The van der Waals surface area contributed by atoms with E-state index in [2.05, 4.69) is 15.7 Å². The van der Waals surface area contributed by atoms with Crippen LogP contribution in [-0.2, 0) is 0 Å². The van der Waals surface area contributed by atoms with Crippen LogP contribution in [0.3, 0.4) is 0 Å². The van der Waals surface area contributed by atoms with Crippen LogP contribution in [0.1, 0.15) is 144 Å². The molecule has 170 valence electrons. The van der Waals surface area contributed by atoms with Crippen molar-refractivity contribution in [1.29, 1.82) is 0 Å². The third kappa shape index (κ3) is 586000. The highest BCUT2D eigenvalue weighted by atomic mass is 13.0. The summed E-state index contributed by atoms with van der Waals surface area (Å²) in [5.41, 5.74) is 0.